The molecule has 1 heterocycles. The van der Waals surface area contributed by atoms with E-state index in [-0.39, 0.29) is 28.0 Å². The number of halogens is 2. The van der Waals surface area contributed by atoms with Crippen LogP contribution < -0.4 is 4.74 Å². The number of aromatic carboxylic acids is 1. The van der Waals surface area contributed by atoms with Gasteiger partial charge in [0.1, 0.15) is 0 Å². The van der Waals surface area contributed by atoms with Crippen molar-refractivity contribution < 1.29 is 19.6 Å². The number of nitro groups is 1. The van der Waals surface area contributed by atoms with Gasteiger partial charge in [-0.2, -0.15) is 0 Å². The first kappa shape index (κ1) is 15.2. The van der Waals surface area contributed by atoms with Crippen LogP contribution >= 0.6 is 27.5 Å². The number of benzene rings is 1. The second-order valence-electron chi connectivity index (χ2n) is 3.76. The number of carbonyl (C=O) groups is 1. The van der Waals surface area contributed by atoms with Crippen molar-refractivity contribution in [2.24, 2.45) is 0 Å². The molecule has 1 N–H and O–H groups in total. The Bertz CT molecular complexity index is 738. The molecule has 0 bridgehead atoms. The number of pyridine rings is 1. The van der Waals surface area contributed by atoms with Crippen LogP contribution in [-0.2, 0) is 0 Å². The maximum atomic E-state index is 10.9. The van der Waals surface area contributed by atoms with E-state index in [2.05, 4.69) is 20.9 Å². The van der Waals surface area contributed by atoms with E-state index >= 15 is 0 Å². The Hall–Kier alpha value is -2.19. The minimum atomic E-state index is -1.30. The van der Waals surface area contributed by atoms with Gasteiger partial charge in [0.05, 0.1) is 20.5 Å². The van der Waals surface area contributed by atoms with Crippen LogP contribution in [0.4, 0.5) is 5.69 Å². The Morgan fingerprint density at radius 3 is 2.71 bits per heavy atom. The molecule has 9 heteroatoms. The molecular weight excluding hydrogens is 367 g/mol. The lowest BCUT2D eigenvalue weighted by molar-refractivity contribution is -0.384. The lowest BCUT2D eigenvalue weighted by Gasteiger charge is -2.07. The summed E-state index contributed by atoms with van der Waals surface area (Å²) in [6.07, 6.45) is 0. The number of carboxylic acids is 1. The Morgan fingerprint density at radius 2 is 2.10 bits per heavy atom. The molecule has 0 saturated carbocycles. The molecule has 0 spiro atoms. The maximum absolute atomic E-state index is 10.9. The predicted octanol–water partition coefficient (Wildman–Crippen LogP) is 3.90. The topological polar surface area (TPSA) is 103 Å². The van der Waals surface area contributed by atoms with Gasteiger partial charge in [0.2, 0.25) is 5.88 Å². The molecule has 21 heavy (non-hydrogen) atoms. The van der Waals surface area contributed by atoms with Gasteiger partial charge in [-0.05, 0) is 28.1 Å². The van der Waals surface area contributed by atoms with E-state index in [1.165, 1.54) is 30.3 Å². The fraction of sp³-hybridized carbons (Fsp3) is 0. The van der Waals surface area contributed by atoms with Crippen LogP contribution in [-0.4, -0.2) is 21.0 Å². The van der Waals surface area contributed by atoms with Crippen LogP contribution in [0.25, 0.3) is 0 Å². The fourth-order valence-corrected chi connectivity index (χ4v) is 1.94. The van der Waals surface area contributed by atoms with Crippen LogP contribution in [0.2, 0.25) is 5.02 Å². The van der Waals surface area contributed by atoms with E-state index in [9.17, 15) is 14.9 Å². The van der Waals surface area contributed by atoms with Gasteiger partial charge >= 0.3 is 5.97 Å². The fourth-order valence-electron chi connectivity index (χ4n) is 1.43. The third kappa shape index (κ3) is 3.47. The van der Waals surface area contributed by atoms with Gasteiger partial charge in [-0.15, -0.1) is 0 Å². The van der Waals surface area contributed by atoms with E-state index in [0.717, 1.165) is 0 Å². The van der Waals surface area contributed by atoms with E-state index in [1.807, 2.05) is 0 Å². The number of nitro benzene ring substituents is 1. The largest absolute Gasteiger partial charge is 0.476 e. The van der Waals surface area contributed by atoms with Crippen molar-refractivity contribution in [1.82, 2.24) is 4.98 Å². The van der Waals surface area contributed by atoms with E-state index < -0.39 is 10.9 Å². The molecule has 0 amide bonds. The summed E-state index contributed by atoms with van der Waals surface area (Å²) in [7, 11) is 0. The van der Waals surface area contributed by atoms with Crippen molar-refractivity contribution in [3.05, 3.63) is 55.6 Å². The molecule has 2 rings (SSSR count). The second kappa shape index (κ2) is 6.06. The molecule has 0 aliphatic carbocycles. The van der Waals surface area contributed by atoms with Crippen molar-refractivity contribution in [3.63, 3.8) is 0 Å². The van der Waals surface area contributed by atoms with Gasteiger partial charge < -0.3 is 9.84 Å². The van der Waals surface area contributed by atoms with E-state index in [0.29, 0.717) is 4.47 Å². The first-order valence-corrected chi connectivity index (χ1v) is 6.57. The zero-order chi connectivity index (χ0) is 15.6. The monoisotopic (exact) mass is 372 g/mol. The minimum absolute atomic E-state index is 0.0343. The number of carboxylic acid groups (broad SMARTS) is 1. The molecule has 0 fully saturated rings. The first-order chi connectivity index (χ1) is 9.88. The van der Waals surface area contributed by atoms with Crippen molar-refractivity contribution >= 4 is 39.2 Å². The highest BCUT2D eigenvalue weighted by Crippen LogP contribution is 2.33. The van der Waals surface area contributed by atoms with E-state index in [4.69, 9.17) is 21.4 Å². The smallest absolute Gasteiger partial charge is 0.356 e. The van der Waals surface area contributed by atoms with Crippen LogP contribution in [0, 0.1) is 10.1 Å². The van der Waals surface area contributed by atoms with Gasteiger partial charge in [-0.25, -0.2) is 9.78 Å². The highest BCUT2D eigenvalue weighted by molar-refractivity contribution is 9.10. The molecule has 0 aliphatic heterocycles. The SMILES string of the molecule is O=C(O)c1nc(Oc2cc([N+](=O)[O-])ccc2Br)ccc1Cl. The number of aromatic nitrogens is 1. The normalized spacial score (nSPS) is 10.2. The van der Waals surface area contributed by atoms with Crippen molar-refractivity contribution in [2.45, 2.75) is 0 Å². The highest BCUT2D eigenvalue weighted by atomic mass is 79.9. The summed E-state index contributed by atoms with van der Waals surface area (Å²) < 4.78 is 5.82. The molecule has 108 valence electrons. The molecule has 0 saturated heterocycles. The summed E-state index contributed by atoms with van der Waals surface area (Å²) in [5.74, 6) is -1.21. The summed E-state index contributed by atoms with van der Waals surface area (Å²) in [6, 6.07) is 6.62. The average Bonchev–Trinajstić information content (AvgIpc) is 2.42. The standard InChI is InChI=1S/C12H6BrClN2O5/c13-7-2-1-6(16(19)20)5-9(7)21-10-4-3-8(14)11(15-10)12(17)18/h1-5H,(H,17,18). The van der Waals surface area contributed by atoms with Crippen LogP contribution in [0.15, 0.2) is 34.8 Å². The van der Waals surface area contributed by atoms with Crippen molar-refractivity contribution in [2.75, 3.05) is 0 Å². The molecule has 7 nitrogen and oxygen atoms in total. The van der Waals surface area contributed by atoms with Crippen LogP contribution in [0.3, 0.4) is 0 Å². The number of rotatable bonds is 4. The van der Waals surface area contributed by atoms with Crippen molar-refractivity contribution in [1.29, 1.82) is 0 Å². The molecular formula is C12H6BrClN2O5. The molecule has 1 aromatic heterocycles. The summed E-state index contributed by atoms with van der Waals surface area (Å²) in [4.78, 5) is 24.8. The number of hydrogen-bond donors (Lipinski definition) is 1. The number of ether oxygens (including phenoxy) is 1. The Labute approximate surface area is 131 Å². The number of hydrogen-bond acceptors (Lipinski definition) is 5. The quantitative estimate of drug-likeness (QED) is 0.644. The van der Waals surface area contributed by atoms with Crippen LogP contribution in [0.1, 0.15) is 10.5 Å². The average molecular weight is 374 g/mol. The van der Waals surface area contributed by atoms with Crippen molar-refractivity contribution in [3.8, 4) is 11.6 Å². The minimum Gasteiger partial charge on any atom is -0.476 e. The molecule has 0 unspecified atom stereocenters. The van der Waals surface area contributed by atoms with E-state index in [1.54, 1.807) is 0 Å². The summed E-state index contributed by atoms with van der Waals surface area (Å²) in [6.45, 7) is 0. The Balaban J connectivity index is 2.38. The Kier molecular flexibility index (Phi) is 4.39. The molecule has 0 aliphatic rings. The van der Waals surface area contributed by atoms with Gasteiger partial charge in [-0.3, -0.25) is 10.1 Å². The molecule has 1 aromatic carbocycles. The molecule has 0 radical (unpaired) electrons. The number of nitrogens with zero attached hydrogens (tertiary/aromatic N) is 2. The lowest BCUT2D eigenvalue weighted by Crippen LogP contribution is -2.02. The molecule has 2 aromatic rings. The maximum Gasteiger partial charge on any atom is 0.356 e. The molecule has 0 atom stereocenters. The third-order valence-corrected chi connectivity index (χ3v) is 3.32. The third-order valence-electron chi connectivity index (χ3n) is 2.36. The Morgan fingerprint density at radius 1 is 1.38 bits per heavy atom. The number of non-ortho nitro benzene ring substituents is 1. The highest BCUT2D eigenvalue weighted by Gasteiger charge is 2.15. The summed E-state index contributed by atoms with van der Waals surface area (Å²) in [5.41, 5.74) is -0.531. The first-order valence-electron chi connectivity index (χ1n) is 5.40. The second-order valence-corrected chi connectivity index (χ2v) is 5.02. The zero-order valence-corrected chi connectivity index (χ0v) is 12.5. The summed E-state index contributed by atoms with van der Waals surface area (Å²) in [5, 5.41) is 19.6. The summed E-state index contributed by atoms with van der Waals surface area (Å²) >= 11 is 8.88. The predicted molar refractivity (Wildman–Crippen MR) is 77.1 cm³/mol. The van der Waals surface area contributed by atoms with Gasteiger partial charge in [0.15, 0.2) is 11.4 Å². The van der Waals surface area contributed by atoms with Crippen LogP contribution in [0.5, 0.6) is 11.6 Å². The van der Waals surface area contributed by atoms with Gasteiger partial charge in [0.25, 0.3) is 5.69 Å². The zero-order valence-electron chi connectivity index (χ0n) is 10.1. The van der Waals surface area contributed by atoms with Gasteiger partial charge in [-0.1, -0.05) is 11.6 Å². The lowest BCUT2D eigenvalue weighted by atomic mass is 10.3. The van der Waals surface area contributed by atoms with Gasteiger partial charge in [0, 0.05) is 12.1 Å².